The first kappa shape index (κ1) is 20.6. The van der Waals surface area contributed by atoms with E-state index in [9.17, 15) is 24.7 Å². The molecule has 7 nitrogen and oxygen atoms in total. The van der Waals surface area contributed by atoms with Gasteiger partial charge >= 0.3 is 19.2 Å². The number of benzene rings is 3. The molecule has 4 N–H and O–H groups in total. The van der Waals surface area contributed by atoms with E-state index in [2.05, 4.69) is 5.32 Å². The summed E-state index contributed by atoms with van der Waals surface area (Å²) in [6.45, 7) is 1.63. The van der Waals surface area contributed by atoms with Crippen LogP contribution in [0.1, 0.15) is 33.0 Å². The molecular weight excluding hydrogens is 397 g/mol. The molecule has 0 heterocycles. The van der Waals surface area contributed by atoms with Crippen LogP contribution in [0.2, 0.25) is 0 Å². The summed E-state index contributed by atoms with van der Waals surface area (Å²) in [6.07, 6.45) is -0.758. The van der Waals surface area contributed by atoms with Crippen LogP contribution >= 0.6 is 0 Å². The predicted molar refractivity (Wildman–Crippen MR) is 117 cm³/mol. The number of hydrogen-bond acceptors (Lipinski definition) is 5. The van der Waals surface area contributed by atoms with Gasteiger partial charge in [0.05, 0.1) is 5.56 Å². The normalized spacial score (nSPS) is 12.1. The number of anilines is 1. The second kappa shape index (κ2) is 8.25. The van der Waals surface area contributed by atoms with Crippen molar-refractivity contribution in [2.75, 3.05) is 11.9 Å². The van der Waals surface area contributed by atoms with Crippen molar-refractivity contribution in [3.8, 4) is 11.1 Å². The summed E-state index contributed by atoms with van der Waals surface area (Å²) < 4.78 is 5.48. The summed E-state index contributed by atoms with van der Waals surface area (Å²) >= 11 is 0. The third-order valence-corrected chi connectivity index (χ3v) is 5.54. The maximum atomic E-state index is 12.5. The van der Waals surface area contributed by atoms with E-state index in [0.29, 0.717) is 0 Å². The second-order valence-corrected chi connectivity index (χ2v) is 7.37. The van der Waals surface area contributed by atoms with E-state index in [-0.39, 0.29) is 34.8 Å². The molecule has 0 saturated heterocycles. The number of carboxylic acids is 1. The maximum absolute atomic E-state index is 12.5. The summed E-state index contributed by atoms with van der Waals surface area (Å²) in [5.41, 5.74) is 4.61. The van der Waals surface area contributed by atoms with E-state index < -0.39 is 19.2 Å². The Hall–Kier alpha value is -3.62. The Kier molecular flexibility index (Phi) is 5.50. The van der Waals surface area contributed by atoms with Crippen LogP contribution in [-0.2, 0) is 4.74 Å². The monoisotopic (exact) mass is 417 g/mol. The Labute approximate surface area is 179 Å². The summed E-state index contributed by atoms with van der Waals surface area (Å²) in [4.78, 5) is 24.0. The molecule has 1 aliphatic rings. The number of carboxylic acid groups (broad SMARTS) is 1. The molecule has 4 rings (SSSR count). The molecule has 3 aromatic carbocycles. The first-order valence-electron chi connectivity index (χ1n) is 9.72. The number of amides is 1. The van der Waals surface area contributed by atoms with Crippen LogP contribution in [0.3, 0.4) is 0 Å². The number of nitrogens with one attached hydrogen (secondary N) is 1. The lowest BCUT2D eigenvalue weighted by Gasteiger charge is -2.16. The first-order valence-corrected chi connectivity index (χ1v) is 9.72. The van der Waals surface area contributed by atoms with Crippen molar-refractivity contribution >= 4 is 30.3 Å². The molecule has 0 atom stereocenters. The molecule has 3 aromatic rings. The molecule has 156 valence electrons. The highest BCUT2D eigenvalue weighted by molar-refractivity contribution is 6.59. The molecule has 0 bridgehead atoms. The highest BCUT2D eigenvalue weighted by Crippen LogP contribution is 2.44. The van der Waals surface area contributed by atoms with Crippen LogP contribution in [0.15, 0.2) is 60.7 Å². The quantitative estimate of drug-likeness (QED) is 0.475. The Morgan fingerprint density at radius 1 is 1.00 bits per heavy atom. The lowest BCUT2D eigenvalue weighted by molar-refractivity contribution is 0.0696. The van der Waals surface area contributed by atoms with Gasteiger partial charge in [-0.1, -0.05) is 48.5 Å². The minimum Gasteiger partial charge on any atom is -0.478 e. The zero-order chi connectivity index (χ0) is 22.1. The van der Waals surface area contributed by atoms with Crippen molar-refractivity contribution in [2.45, 2.75) is 12.8 Å². The number of rotatable bonds is 5. The van der Waals surface area contributed by atoms with Crippen LogP contribution in [0.5, 0.6) is 0 Å². The van der Waals surface area contributed by atoms with E-state index in [4.69, 9.17) is 4.74 Å². The zero-order valence-corrected chi connectivity index (χ0v) is 16.7. The van der Waals surface area contributed by atoms with Crippen LogP contribution in [0.25, 0.3) is 11.1 Å². The molecular formula is C23H20BNO6. The smallest absolute Gasteiger partial charge is 0.478 e. The van der Waals surface area contributed by atoms with Crippen LogP contribution < -0.4 is 10.8 Å². The summed E-state index contributed by atoms with van der Waals surface area (Å²) in [6, 6.07) is 18.4. The highest BCUT2D eigenvalue weighted by atomic mass is 16.5. The highest BCUT2D eigenvalue weighted by Gasteiger charge is 2.29. The van der Waals surface area contributed by atoms with Gasteiger partial charge in [-0.15, -0.1) is 0 Å². The van der Waals surface area contributed by atoms with Crippen LogP contribution in [0, 0.1) is 6.92 Å². The van der Waals surface area contributed by atoms with Crippen molar-refractivity contribution in [3.63, 3.8) is 0 Å². The number of fused-ring (bicyclic) bond motifs is 3. The minimum absolute atomic E-state index is 0.0445. The summed E-state index contributed by atoms with van der Waals surface area (Å²) in [7, 11) is -1.87. The van der Waals surface area contributed by atoms with Crippen molar-refractivity contribution in [3.05, 3.63) is 82.9 Å². The van der Waals surface area contributed by atoms with Crippen LogP contribution in [0.4, 0.5) is 10.5 Å². The number of aromatic carboxylic acids is 1. The SMILES string of the molecule is Cc1c(NC(=O)OCC2c3ccccc3-c3ccccc32)cc(B(O)O)cc1C(=O)O. The van der Waals surface area contributed by atoms with Gasteiger partial charge in [0.15, 0.2) is 0 Å². The molecule has 0 spiro atoms. The molecule has 0 saturated carbocycles. The van der Waals surface area contributed by atoms with Gasteiger partial charge in [-0.25, -0.2) is 9.59 Å². The topological polar surface area (TPSA) is 116 Å². The molecule has 0 radical (unpaired) electrons. The van der Waals surface area contributed by atoms with Gasteiger partial charge in [0.25, 0.3) is 0 Å². The fourth-order valence-corrected chi connectivity index (χ4v) is 3.98. The van der Waals surface area contributed by atoms with Gasteiger partial charge in [-0.2, -0.15) is 0 Å². The summed E-state index contributed by atoms with van der Waals surface area (Å²) in [5, 5.41) is 30.7. The second-order valence-electron chi connectivity index (χ2n) is 7.37. The third-order valence-electron chi connectivity index (χ3n) is 5.54. The molecule has 0 fully saturated rings. The van der Waals surface area contributed by atoms with Gasteiger partial charge in [0, 0.05) is 11.6 Å². The fraction of sp³-hybridized carbons (Fsp3) is 0.130. The largest absolute Gasteiger partial charge is 0.488 e. The average Bonchev–Trinajstić information content (AvgIpc) is 3.07. The van der Waals surface area contributed by atoms with Gasteiger partial charge in [-0.05, 0) is 52.3 Å². The first-order chi connectivity index (χ1) is 14.9. The van der Waals surface area contributed by atoms with Gasteiger partial charge in [-0.3, -0.25) is 5.32 Å². The van der Waals surface area contributed by atoms with E-state index in [1.165, 1.54) is 13.0 Å². The minimum atomic E-state index is -1.87. The lowest BCUT2D eigenvalue weighted by Crippen LogP contribution is -2.32. The van der Waals surface area contributed by atoms with E-state index in [1.807, 2.05) is 48.5 Å². The van der Waals surface area contributed by atoms with Crippen molar-refractivity contribution < 1.29 is 29.5 Å². The number of carbonyl (C=O) groups excluding carboxylic acids is 1. The Morgan fingerprint density at radius 2 is 1.58 bits per heavy atom. The zero-order valence-electron chi connectivity index (χ0n) is 16.7. The molecule has 0 aliphatic heterocycles. The van der Waals surface area contributed by atoms with E-state index >= 15 is 0 Å². The molecule has 0 aromatic heterocycles. The Balaban J connectivity index is 1.54. The number of hydrogen-bond donors (Lipinski definition) is 4. The summed E-state index contributed by atoms with van der Waals surface area (Å²) in [5.74, 6) is -1.35. The van der Waals surface area contributed by atoms with Crippen molar-refractivity contribution in [2.24, 2.45) is 0 Å². The van der Waals surface area contributed by atoms with Crippen molar-refractivity contribution in [1.29, 1.82) is 0 Å². The third kappa shape index (κ3) is 3.91. The van der Waals surface area contributed by atoms with E-state index in [1.54, 1.807) is 0 Å². The number of ether oxygens (including phenoxy) is 1. The van der Waals surface area contributed by atoms with Gasteiger partial charge < -0.3 is 19.9 Å². The Bertz CT molecular complexity index is 1130. The maximum Gasteiger partial charge on any atom is 0.488 e. The van der Waals surface area contributed by atoms with Crippen LogP contribution in [-0.4, -0.2) is 40.9 Å². The van der Waals surface area contributed by atoms with E-state index in [0.717, 1.165) is 28.3 Å². The van der Waals surface area contributed by atoms with Gasteiger partial charge in [0.1, 0.15) is 6.61 Å². The molecule has 31 heavy (non-hydrogen) atoms. The molecule has 1 aliphatic carbocycles. The number of carbonyl (C=O) groups is 2. The fourth-order valence-electron chi connectivity index (χ4n) is 3.98. The average molecular weight is 417 g/mol. The predicted octanol–water partition coefficient (Wildman–Crippen LogP) is 2.73. The van der Waals surface area contributed by atoms with Gasteiger partial charge in [0.2, 0.25) is 0 Å². The molecule has 0 unspecified atom stereocenters. The lowest BCUT2D eigenvalue weighted by atomic mass is 9.78. The molecule has 1 amide bonds. The molecule has 8 heteroatoms. The van der Waals surface area contributed by atoms with Crippen molar-refractivity contribution in [1.82, 2.24) is 0 Å². The Morgan fingerprint density at radius 3 is 2.13 bits per heavy atom. The standard InChI is InChI=1S/C23H20BNO6/c1-13-19(22(26)27)10-14(24(29)30)11-21(13)25-23(28)31-12-20-17-8-4-2-6-15(17)16-7-3-5-9-18(16)20/h2-11,20,29-30H,12H2,1H3,(H,25,28)(H,26,27).